The molecule has 0 amide bonds. The Morgan fingerprint density at radius 2 is 0.923 bits per heavy atom. The minimum Gasteiger partial charge on any atom is -0.508 e. The van der Waals surface area contributed by atoms with Gasteiger partial charge in [-0.15, -0.1) is 0 Å². The van der Waals surface area contributed by atoms with E-state index in [0.717, 1.165) is 24.0 Å². The van der Waals surface area contributed by atoms with Gasteiger partial charge in [0.05, 0.1) is 0 Å². The number of phenolic OH excluding ortho intramolecular Hbond substituents is 2. The molecule has 0 heterocycles. The van der Waals surface area contributed by atoms with Crippen LogP contribution in [0.4, 0.5) is 0 Å². The van der Waals surface area contributed by atoms with Crippen molar-refractivity contribution in [2.45, 2.75) is 12.8 Å². The van der Waals surface area contributed by atoms with Gasteiger partial charge in [-0.05, 0) is 59.4 Å². The Hall–Kier alpha value is -3.26. The van der Waals surface area contributed by atoms with Crippen LogP contribution in [0.3, 0.4) is 0 Å². The number of hydrogen-bond acceptors (Lipinski definition) is 2. The second-order valence-corrected chi connectivity index (χ2v) is 6.16. The third-order valence-corrected chi connectivity index (χ3v) is 4.20. The third kappa shape index (κ3) is 5.12. The molecule has 2 N–H and O–H groups in total. The summed E-state index contributed by atoms with van der Waals surface area (Å²) in [5.41, 5.74) is 4.76. The summed E-state index contributed by atoms with van der Waals surface area (Å²) in [6.07, 6.45) is 10.2. The van der Waals surface area contributed by atoms with E-state index in [1.54, 1.807) is 24.3 Å². The first-order valence-corrected chi connectivity index (χ1v) is 8.68. The van der Waals surface area contributed by atoms with Gasteiger partial charge in [0, 0.05) is 0 Å². The zero-order chi connectivity index (χ0) is 18.2. The van der Waals surface area contributed by atoms with Crippen LogP contribution in [0, 0.1) is 0 Å². The molecule has 0 saturated heterocycles. The number of rotatable bonds is 6. The van der Waals surface area contributed by atoms with Gasteiger partial charge in [-0.25, -0.2) is 0 Å². The van der Waals surface area contributed by atoms with E-state index in [4.69, 9.17) is 0 Å². The molecule has 0 saturated carbocycles. The topological polar surface area (TPSA) is 40.5 Å². The molecule has 3 aromatic carbocycles. The number of hydrogen-bond donors (Lipinski definition) is 2. The SMILES string of the molecule is Oc1ccc(C=CCc2ccccc2CC=Cc2ccc(O)cc2)cc1. The van der Waals surface area contributed by atoms with Gasteiger partial charge in [0.15, 0.2) is 0 Å². The van der Waals surface area contributed by atoms with Crippen molar-refractivity contribution in [1.29, 1.82) is 0 Å². The number of phenols is 2. The first-order valence-electron chi connectivity index (χ1n) is 8.68. The van der Waals surface area contributed by atoms with Gasteiger partial charge in [-0.1, -0.05) is 72.8 Å². The second kappa shape index (κ2) is 8.72. The summed E-state index contributed by atoms with van der Waals surface area (Å²) in [4.78, 5) is 0. The van der Waals surface area contributed by atoms with Crippen LogP contribution in [0.5, 0.6) is 11.5 Å². The molecule has 2 heteroatoms. The fourth-order valence-corrected chi connectivity index (χ4v) is 2.77. The Balaban J connectivity index is 1.64. The summed E-state index contributed by atoms with van der Waals surface area (Å²) >= 11 is 0. The zero-order valence-electron chi connectivity index (χ0n) is 14.5. The highest BCUT2D eigenvalue weighted by molar-refractivity contribution is 5.52. The van der Waals surface area contributed by atoms with Crippen molar-refractivity contribution in [1.82, 2.24) is 0 Å². The van der Waals surface area contributed by atoms with Crippen molar-refractivity contribution in [3.05, 3.63) is 107 Å². The van der Waals surface area contributed by atoms with Gasteiger partial charge in [-0.2, -0.15) is 0 Å². The monoisotopic (exact) mass is 342 g/mol. The van der Waals surface area contributed by atoms with Crippen LogP contribution < -0.4 is 0 Å². The average Bonchev–Trinajstić information content (AvgIpc) is 2.66. The lowest BCUT2D eigenvalue weighted by Crippen LogP contribution is -1.91. The molecule has 26 heavy (non-hydrogen) atoms. The molecule has 0 atom stereocenters. The molecule has 0 radical (unpaired) electrons. The quantitative estimate of drug-likeness (QED) is 0.611. The largest absolute Gasteiger partial charge is 0.508 e. The maximum Gasteiger partial charge on any atom is 0.115 e. The lowest BCUT2D eigenvalue weighted by atomic mass is 10.0. The summed E-state index contributed by atoms with van der Waals surface area (Å²) in [5, 5.41) is 18.7. The van der Waals surface area contributed by atoms with E-state index in [2.05, 4.69) is 48.6 Å². The summed E-state index contributed by atoms with van der Waals surface area (Å²) in [6.45, 7) is 0. The van der Waals surface area contributed by atoms with Crippen LogP contribution in [-0.2, 0) is 12.8 Å². The number of benzene rings is 3. The summed E-state index contributed by atoms with van der Waals surface area (Å²) in [7, 11) is 0. The smallest absolute Gasteiger partial charge is 0.115 e. The molecule has 3 rings (SSSR count). The Bertz CT molecular complexity index is 812. The molecule has 3 aromatic rings. The lowest BCUT2D eigenvalue weighted by molar-refractivity contribution is 0.474. The highest BCUT2D eigenvalue weighted by Gasteiger charge is 1.98. The maximum absolute atomic E-state index is 9.33. The van der Waals surface area contributed by atoms with Crippen LogP contribution in [0.25, 0.3) is 12.2 Å². The normalized spacial score (nSPS) is 11.4. The Morgan fingerprint density at radius 1 is 0.538 bits per heavy atom. The first-order chi connectivity index (χ1) is 12.7. The molecular formula is C24H22O2. The summed E-state index contributed by atoms with van der Waals surface area (Å²) in [5.74, 6) is 0.570. The van der Waals surface area contributed by atoms with Crippen molar-refractivity contribution in [2.75, 3.05) is 0 Å². The maximum atomic E-state index is 9.33. The van der Waals surface area contributed by atoms with E-state index < -0.39 is 0 Å². The van der Waals surface area contributed by atoms with Crippen molar-refractivity contribution in [3.8, 4) is 11.5 Å². The van der Waals surface area contributed by atoms with E-state index in [-0.39, 0.29) is 11.5 Å². The van der Waals surface area contributed by atoms with Gasteiger partial charge in [0.1, 0.15) is 11.5 Å². The summed E-state index contributed by atoms with van der Waals surface area (Å²) in [6, 6.07) is 22.8. The van der Waals surface area contributed by atoms with E-state index in [0.29, 0.717) is 0 Å². The van der Waals surface area contributed by atoms with Gasteiger partial charge >= 0.3 is 0 Å². The Kier molecular flexibility index (Phi) is 5.89. The molecule has 0 fully saturated rings. The molecule has 0 aliphatic heterocycles. The predicted molar refractivity (Wildman–Crippen MR) is 108 cm³/mol. The molecule has 0 spiro atoms. The molecule has 130 valence electrons. The Morgan fingerprint density at radius 3 is 1.31 bits per heavy atom. The Labute approximate surface area is 154 Å². The van der Waals surface area contributed by atoms with Crippen LogP contribution in [-0.4, -0.2) is 10.2 Å². The van der Waals surface area contributed by atoms with Gasteiger partial charge in [0.2, 0.25) is 0 Å². The van der Waals surface area contributed by atoms with Crippen LogP contribution in [0.1, 0.15) is 22.3 Å². The van der Waals surface area contributed by atoms with Crippen LogP contribution in [0.15, 0.2) is 84.9 Å². The second-order valence-electron chi connectivity index (χ2n) is 6.16. The van der Waals surface area contributed by atoms with Gasteiger partial charge < -0.3 is 10.2 Å². The van der Waals surface area contributed by atoms with Gasteiger partial charge in [0.25, 0.3) is 0 Å². The highest BCUT2D eigenvalue weighted by Crippen LogP contribution is 2.16. The molecular weight excluding hydrogens is 320 g/mol. The third-order valence-electron chi connectivity index (χ3n) is 4.20. The fourth-order valence-electron chi connectivity index (χ4n) is 2.77. The van der Waals surface area contributed by atoms with E-state index in [1.807, 2.05) is 24.3 Å². The molecule has 0 aliphatic carbocycles. The molecule has 0 bridgehead atoms. The van der Waals surface area contributed by atoms with Gasteiger partial charge in [-0.3, -0.25) is 0 Å². The molecule has 0 aliphatic rings. The molecule has 0 unspecified atom stereocenters. The average molecular weight is 342 g/mol. The lowest BCUT2D eigenvalue weighted by Gasteiger charge is -2.05. The zero-order valence-corrected chi connectivity index (χ0v) is 14.5. The van der Waals surface area contributed by atoms with Crippen LogP contribution in [0.2, 0.25) is 0 Å². The standard InChI is InChI=1S/C24H22O2/c25-23-15-11-19(12-16-23)5-3-9-21-7-1-2-8-22(21)10-4-6-20-13-17-24(26)18-14-20/h1-8,11-18,25-26H,9-10H2. The summed E-state index contributed by atoms with van der Waals surface area (Å²) < 4.78 is 0. The van der Waals surface area contributed by atoms with Crippen molar-refractivity contribution in [3.63, 3.8) is 0 Å². The van der Waals surface area contributed by atoms with Crippen molar-refractivity contribution >= 4 is 12.2 Å². The van der Waals surface area contributed by atoms with E-state index in [1.165, 1.54) is 11.1 Å². The molecule has 0 aromatic heterocycles. The van der Waals surface area contributed by atoms with E-state index >= 15 is 0 Å². The fraction of sp³-hybridized carbons (Fsp3) is 0.0833. The highest BCUT2D eigenvalue weighted by atomic mass is 16.3. The predicted octanol–water partition coefficient (Wildman–Crippen LogP) is 5.61. The van der Waals surface area contributed by atoms with E-state index in [9.17, 15) is 10.2 Å². The first kappa shape index (κ1) is 17.6. The van der Waals surface area contributed by atoms with Crippen LogP contribution >= 0.6 is 0 Å². The number of allylic oxidation sites excluding steroid dienone is 2. The molecule has 2 nitrogen and oxygen atoms in total. The number of aromatic hydroxyl groups is 2. The minimum absolute atomic E-state index is 0.285. The van der Waals surface area contributed by atoms with Crippen molar-refractivity contribution in [2.24, 2.45) is 0 Å². The van der Waals surface area contributed by atoms with Crippen molar-refractivity contribution < 1.29 is 10.2 Å². The minimum atomic E-state index is 0.285.